The maximum Gasteiger partial charge on any atom is 0.129 e. The molecule has 0 atom stereocenters. The van der Waals surface area contributed by atoms with E-state index in [-0.39, 0.29) is 6.61 Å². The topological polar surface area (TPSA) is 34.4 Å². The van der Waals surface area contributed by atoms with Crippen LogP contribution in [0.5, 0.6) is 11.5 Å². The largest absolute Gasteiger partial charge is 0.457 e. The normalized spacial score (nSPS) is 10.9. The number of nitrogens with zero attached hydrogens (tertiary/aromatic N) is 1. The fraction of sp³-hybridized carbons (Fsp3) is 0.176. The van der Waals surface area contributed by atoms with E-state index < -0.39 is 0 Å². The Morgan fingerprint density at radius 2 is 1.80 bits per heavy atom. The molecule has 0 spiro atoms. The number of fused-ring (bicyclic) bond motifs is 1. The van der Waals surface area contributed by atoms with Crippen LogP contribution in [0.2, 0.25) is 0 Å². The number of benzene rings is 2. The van der Waals surface area contributed by atoms with Gasteiger partial charge in [-0.25, -0.2) is 0 Å². The molecule has 1 heterocycles. The molecule has 0 aliphatic heterocycles. The molecule has 0 radical (unpaired) electrons. The lowest BCUT2D eigenvalue weighted by Gasteiger charge is -2.08. The van der Waals surface area contributed by atoms with Gasteiger partial charge in [0.05, 0.1) is 12.1 Å². The second-order valence-corrected chi connectivity index (χ2v) is 4.94. The SMILES string of the molecule is Cc1cc(Oc2ccccc2)cc2c1cc(CO)n2C. The van der Waals surface area contributed by atoms with Crippen molar-refractivity contribution in [2.24, 2.45) is 7.05 Å². The molecule has 0 fully saturated rings. The quantitative estimate of drug-likeness (QED) is 0.783. The number of para-hydroxylation sites is 1. The van der Waals surface area contributed by atoms with Crippen molar-refractivity contribution >= 4 is 10.9 Å². The van der Waals surface area contributed by atoms with Crippen LogP contribution in [0.4, 0.5) is 0 Å². The highest BCUT2D eigenvalue weighted by Crippen LogP contribution is 2.30. The molecule has 0 bridgehead atoms. The minimum absolute atomic E-state index is 0.0412. The standard InChI is InChI=1S/C17H17NO2/c1-12-8-15(20-14-6-4-3-5-7-14)10-17-16(12)9-13(11-19)18(17)2/h3-10,19H,11H2,1-2H3. The Morgan fingerprint density at radius 1 is 1.05 bits per heavy atom. The van der Waals surface area contributed by atoms with Crippen LogP contribution in [0.1, 0.15) is 11.3 Å². The third-order valence-corrected chi connectivity index (χ3v) is 3.58. The zero-order valence-corrected chi connectivity index (χ0v) is 11.6. The summed E-state index contributed by atoms with van der Waals surface area (Å²) in [5.74, 6) is 1.63. The Hall–Kier alpha value is -2.26. The Kier molecular flexibility index (Phi) is 3.20. The maximum atomic E-state index is 9.36. The van der Waals surface area contributed by atoms with Crippen molar-refractivity contribution in [3.63, 3.8) is 0 Å². The number of aryl methyl sites for hydroxylation is 2. The van der Waals surface area contributed by atoms with Crippen LogP contribution in [0.15, 0.2) is 48.5 Å². The Bertz CT molecular complexity index is 745. The maximum absolute atomic E-state index is 9.36. The number of aliphatic hydroxyl groups is 1. The number of hydrogen-bond donors (Lipinski definition) is 1. The molecule has 0 aliphatic rings. The summed E-state index contributed by atoms with van der Waals surface area (Å²) < 4.78 is 7.89. The van der Waals surface area contributed by atoms with Gasteiger partial charge in [0.25, 0.3) is 0 Å². The number of aliphatic hydroxyl groups excluding tert-OH is 1. The fourth-order valence-corrected chi connectivity index (χ4v) is 2.47. The van der Waals surface area contributed by atoms with Gasteiger partial charge in [-0.3, -0.25) is 0 Å². The van der Waals surface area contributed by atoms with Crippen LogP contribution in [-0.4, -0.2) is 9.67 Å². The van der Waals surface area contributed by atoms with Crippen molar-refractivity contribution in [2.75, 3.05) is 0 Å². The van der Waals surface area contributed by atoms with Crippen molar-refractivity contribution in [2.45, 2.75) is 13.5 Å². The highest BCUT2D eigenvalue weighted by atomic mass is 16.5. The number of hydrogen-bond acceptors (Lipinski definition) is 2. The van der Waals surface area contributed by atoms with E-state index in [1.54, 1.807) is 0 Å². The first-order valence-corrected chi connectivity index (χ1v) is 6.62. The average Bonchev–Trinajstić information content (AvgIpc) is 2.78. The average molecular weight is 267 g/mol. The van der Waals surface area contributed by atoms with Gasteiger partial charge in [0, 0.05) is 24.2 Å². The first kappa shape index (κ1) is 12.8. The van der Waals surface area contributed by atoms with Crippen LogP contribution in [-0.2, 0) is 13.7 Å². The van der Waals surface area contributed by atoms with Crippen LogP contribution < -0.4 is 4.74 Å². The second-order valence-electron chi connectivity index (χ2n) is 4.94. The van der Waals surface area contributed by atoms with Crippen molar-refractivity contribution in [3.05, 3.63) is 59.8 Å². The molecule has 0 aliphatic carbocycles. The number of ether oxygens (including phenoxy) is 1. The highest BCUT2D eigenvalue weighted by molar-refractivity contribution is 5.86. The van der Waals surface area contributed by atoms with Crippen LogP contribution in [0, 0.1) is 6.92 Å². The number of aromatic nitrogens is 1. The van der Waals surface area contributed by atoms with Gasteiger partial charge < -0.3 is 14.4 Å². The van der Waals surface area contributed by atoms with E-state index in [2.05, 4.69) is 6.92 Å². The van der Waals surface area contributed by atoms with Crippen LogP contribution in [0.3, 0.4) is 0 Å². The molecule has 3 aromatic rings. The van der Waals surface area contributed by atoms with E-state index in [1.165, 1.54) is 0 Å². The Labute approximate surface area is 118 Å². The summed E-state index contributed by atoms with van der Waals surface area (Å²) in [6.07, 6.45) is 0. The summed E-state index contributed by atoms with van der Waals surface area (Å²) in [7, 11) is 1.96. The zero-order chi connectivity index (χ0) is 14.1. The molecule has 102 valence electrons. The molecule has 0 unspecified atom stereocenters. The van der Waals surface area contributed by atoms with E-state index >= 15 is 0 Å². The van der Waals surface area contributed by atoms with Gasteiger partial charge in [-0.2, -0.15) is 0 Å². The third kappa shape index (κ3) is 2.17. The van der Waals surface area contributed by atoms with E-state index in [9.17, 15) is 5.11 Å². The zero-order valence-electron chi connectivity index (χ0n) is 11.6. The first-order valence-electron chi connectivity index (χ1n) is 6.62. The van der Waals surface area contributed by atoms with Gasteiger partial charge in [0.15, 0.2) is 0 Å². The Balaban J connectivity index is 2.07. The van der Waals surface area contributed by atoms with Gasteiger partial charge in [-0.15, -0.1) is 0 Å². The van der Waals surface area contributed by atoms with Gasteiger partial charge in [0.1, 0.15) is 11.5 Å². The van der Waals surface area contributed by atoms with E-state index in [4.69, 9.17) is 4.74 Å². The predicted molar refractivity (Wildman–Crippen MR) is 80.1 cm³/mol. The third-order valence-electron chi connectivity index (χ3n) is 3.58. The molecule has 1 N–H and O–H groups in total. The minimum atomic E-state index is 0.0412. The molecular weight excluding hydrogens is 250 g/mol. The molecule has 0 amide bonds. The van der Waals surface area contributed by atoms with E-state index in [1.807, 2.05) is 60.1 Å². The molecule has 2 aromatic carbocycles. The van der Waals surface area contributed by atoms with Crippen LogP contribution in [0.25, 0.3) is 10.9 Å². The second kappa shape index (κ2) is 5.02. The molecule has 3 heteroatoms. The van der Waals surface area contributed by atoms with E-state index in [0.717, 1.165) is 33.7 Å². The number of rotatable bonds is 3. The summed E-state index contributed by atoms with van der Waals surface area (Å²) >= 11 is 0. The molecule has 0 saturated heterocycles. The lowest BCUT2D eigenvalue weighted by Crippen LogP contribution is -1.95. The summed E-state index contributed by atoms with van der Waals surface area (Å²) in [6.45, 7) is 2.10. The summed E-state index contributed by atoms with van der Waals surface area (Å²) in [5.41, 5.74) is 3.11. The summed E-state index contributed by atoms with van der Waals surface area (Å²) in [6, 6.07) is 15.8. The van der Waals surface area contributed by atoms with Gasteiger partial charge >= 0.3 is 0 Å². The molecule has 0 saturated carbocycles. The highest BCUT2D eigenvalue weighted by Gasteiger charge is 2.09. The minimum Gasteiger partial charge on any atom is -0.457 e. The van der Waals surface area contributed by atoms with Gasteiger partial charge in [-0.05, 0) is 36.8 Å². The van der Waals surface area contributed by atoms with Crippen molar-refractivity contribution < 1.29 is 9.84 Å². The molecule has 20 heavy (non-hydrogen) atoms. The van der Waals surface area contributed by atoms with Crippen molar-refractivity contribution in [1.82, 2.24) is 4.57 Å². The van der Waals surface area contributed by atoms with Crippen molar-refractivity contribution in [3.8, 4) is 11.5 Å². The van der Waals surface area contributed by atoms with E-state index in [0.29, 0.717) is 0 Å². The lowest BCUT2D eigenvalue weighted by molar-refractivity contribution is 0.273. The van der Waals surface area contributed by atoms with Crippen molar-refractivity contribution in [1.29, 1.82) is 0 Å². The Morgan fingerprint density at radius 3 is 2.50 bits per heavy atom. The lowest BCUT2D eigenvalue weighted by atomic mass is 10.1. The smallest absolute Gasteiger partial charge is 0.129 e. The van der Waals surface area contributed by atoms with Gasteiger partial charge in [-0.1, -0.05) is 18.2 Å². The fourth-order valence-electron chi connectivity index (χ4n) is 2.47. The van der Waals surface area contributed by atoms with Crippen LogP contribution >= 0.6 is 0 Å². The first-order chi connectivity index (χ1) is 9.69. The summed E-state index contributed by atoms with van der Waals surface area (Å²) in [5, 5.41) is 10.5. The molecule has 3 rings (SSSR count). The summed E-state index contributed by atoms with van der Waals surface area (Å²) in [4.78, 5) is 0. The van der Waals surface area contributed by atoms with Gasteiger partial charge in [0.2, 0.25) is 0 Å². The predicted octanol–water partition coefficient (Wildman–Crippen LogP) is 3.77. The monoisotopic (exact) mass is 267 g/mol. The molecular formula is C17H17NO2. The molecule has 3 nitrogen and oxygen atoms in total. The molecule has 1 aromatic heterocycles.